The topological polar surface area (TPSA) is 89.2 Å². The van der Waals surface area contributed by atoms with Crippen molar-refractivity contribution in [2.24, 2.45) is 11.1 Å². The molecule has 0 saturated carbocycles. The number of carbonyl (C=O) groups excluding carboxylic acids is 2. The van der Waals surface area contributed by atoms with Crippen molar-refractivity contribution in [1.82, 2.24) is 14.9 Å². The highest BCUT2D eigenvalue weighted by Crippen LogP contribution is 2.35. The molecule has 1 aromatic carbocycles. The molecule has 2 amide bonds. The number of hydrogen-bond donors (Lipinski definition) is 1. The SMILES string of the molecule is NC(=O)C1(Cc2cccc(-c3cccnc3)c2)CCCN(C(=O)c2ccccn2)C1. The van der Waals surface area contributed by atoms with E-state index in [4.69, 9.17) is 5.73 Å². The lowest BCUT2D eigenvalue weighted by atomic mass is 9.74. The summed E-state index contributed by atoms with van der Waals surface area (Å²) in [6, 6.07) is 17.2. The van der Waals surface area contributed by atoms with Gasteiger partial charge in [-0.05, 0) is 54.2 Å². The third-order valence-electron chi connectivity index (χ3n) is 5.74. The van der Waals surface area contributed by atoms with Gasteiger partial charge >= 0.3 is 0 Å². The van der Waals surface area contributed by atoms with E-state index in [0.29, 0.717) is 31.6 Å². The third-order valence-corrected chi connectivity index (χ3v) is 5.74. The fourth-order valence-corrected chi connectivity index (χ4v) is 4.17. The third kappa shape index (κ3) is 4.08. The van der Waals surface area contributed by atoms with Gasteiger partial charge in [-0.2, -0.15) is 0 Å². The molecule has 0 radical (unpaired) electrons. The Morgan fingerprint density at radius 1 is 1.03 bits per heavy atom. The Balaban J connectivity index is 1.59. The van der Waals surface area contributed by atoms with Crippen molar-refractivity contribution in [2.45, 2.75) is 19.3 Å². The molecule has 3 aromatic rings. The second-order valence-corrected chi connectivity index (χ2v) is 7.81. The van der Waals surface area contributed by atoms with Gasteiger partial charge in [0, 0.05) is 31.7 Å². The van der Waals surface area contributed by atoms with Crippen molar-refractivity contribution >= 4 is 11.8 Å². The lowest BCUT2D eigenvalue weighted by Gasteiger charge is -2.40. The Morgan fingerprint density at radius 3 is 2.63 bits per heavy atom. The molecule has 1 aliphatic rings. The van der Waals surface area contributed by atoms with Crippen LogP contribution in [-0.4, -0.2) is 39.8 Å². The maximum Gasteiger partial charge on any atom is 0.272 e. The molecule has 3 heterocycles. The van der Waals surface area contributed by atoms with Crippen LogP contribution in [0.2, 0.25) is 0 Å². The zero-order valence-corrected chi connectivity index (χ0v) is 16.7. The molecule has 6 nitrogen and oxygen atoms in total. The van der Waals surface area contributed by atoms with E-state index >= 15 is 0 Å². The summed E-state index contributed by atoms with van der Waals surface area (Å²) in [4.78, 5) is 35.6. The number of pyridine rings is 2. The number of benzene rings is 1. The molecule has 1 fully saturated rings. The summed E-state index contributed by atoms with van der Waals surface area (Å²) in [5.74, 6) is -0.530. The maximum atomic E-state index is 12.9. The number of rotatable bonds is 5. The first kappa shape index (κ1) is 19.8. The van der Waals surface area contributed by atoms with E-state index in [-0.39, 0.29) is 11.8 Å². The molecule has 0 aliphatic carbocycles. The summed E-state index contributed by atoms with van der Waals surface area (Å²) in [6.45, 7) is 0.898. The van der Waals surface area contributed by atoms with E-state index in [2.05, 4.69) is 16.0 Å². The van der Waals surface area contributed by atoms with E-state index < -0.39 is 5.41 Å². The lowest BCUT2D eigenvalue weighted by Crippen LogP contribution is -2.53. The molecule has 1 unspecified atom stereocenters. The molecule has 4 rings (SSSR count). The van der Waals surface area contributed by atoms with Crippen LogP contribution in [0, 0.1) is 5.41 Å². The summed E-state index contributed by atoms with van der Waals surface area (Å²) >= 11 is 0. The van der Waals surface area contributed by atoms with Crippen LogP contribution in [0.25, 0.3) is 11.1 Å². The number of aromatic nitrogens is 2. The Morgan fingerprint density at radius 2 is 1.90 bits per heavy atom. The van der Waals surface area contributed by atoms with Crippen LogP contribution in [0.5, 0.6) is 0 Å². The number of piperidine rings is 1. The van der Waals surface area contributed by atoms with Crippen molar-refractivity contribution in [3.63, 3.8) is 0 Å². The van der Waals surface area contributed by atoms with Crippen LogP contribution in [0.4, 0.5) is 0 Å². The van der Waals surface area contributed by atoms with Gasteiger partial charge in [-0.1, -0.05) is 36.4 Å². The lowest BCUT2D eigenvalue weighted by molar-refractivity contribution is -0.130. The Labute approximate surface area is 175 Å². The van der Waals surface area contributed by atoms with Gasteiger partial charge in [0.15, 0.2) is 0 Å². The van der Waals surface area contributed by atoms with Crippen LogP contribution in [0.3, 0.4) is 0 Å². The highest BCUT2D eigenvalue weighted by molar-refractivity contribution is 5.93. The molecule has 2 aromatic heterocycles. The summed E-state index contributed by atoms with van der Waals surface area (Å²) in [5, 5.41) is 0. The first-order chi connectivity index (χ1) is 14.6. The normalized spacial score (nSPS) is 18.7. The predicted octanol–water partition coefficient (Wildman–Crippen LogP) is 3.09. The Kier molecular flexibility index (Phi) is 5.57. The minimum Gasteiger partial charge on any atom is -0.369 e. The largest absolute Gasteiger partial charge is 0.369 e. The quantitative estimate of drug-likeness (QED) is 0.713. The number of likely N-dealkylation sites (tertiary alicyclic amines) is 1. The Hall–Kier alpha value is -3.54. The molecular formula is C24H24N4O2. The van der Waals surface area contributed by atoms with Gasteiger partial charge in [-0.3, -0.25) is 19.6 Å². The maximum absolute atomic E-state index is 12.9. The van der Waals surface area contributed by atoms with E-state index in [1.807, 2.05) is 36.5 Å². The summed E-state index contributed by atoms with van der Waals surface area (Å²) in [6.07, 6.45) is 7.03. The summed E-state index contributed by atoms with van der Waals surface area (Å²) in [7, 11) is 0. The molecule has 6 heteroatoms. The predicted molar refractivity (Wildman–Crippen MR) is 114 cm³/mol. The first-order valence-corrected chi connectivity index (χ1v) is 10.1. The average Bonchev–Trinajstić information content (AvgIpc) is 2.80. The molecule has 1 atom stereocenters. The number of nitrogens with two attached hydrogens (primary N) is 1. The minimum absolute atomic E-state index is 0.162. The molecule has 152 valence electrons. The van der Waals surface area contributed by atoms with E-state index in [1.54, 1.807) is 35.5 Å². The molecular weight excluding hydrogens is 376 g/mol. The molecule has 1 saturated heterocycles. The van der Waals surface area contributed by atoms with Crippen molar-refractivity contribution in [2.75, 3.05) is 13.1 Å². The van der Waals surface area contributed by atoms with Gasteiger partial charge in [0.1, 0.15) is 5.69 Å². The monoisotopic (exact) mass is 400 g/mol. The van der Waals surface area contributed by atoms with Gasteiger partial charge < -0.3 is 10.6 Å². The smallest absolute Gasteiger partial charge is 0.272 e. The van der Waals surface area contributed by atoms with E-state index in [0.717, 1.165) is 23.1 Å². The fourth-order valence-electron chi connectivity index (χ4n) is 4.17. The summed E-state index contributed by atoms with van der Waals surface area (Å²) in [5.41, 5.74) is 8.56. The van der Waals surface area contributed by atoms with Crippen molar-refractivity contribution in [3.05, 3.63) is 84.4 Å². The van der Waals surface area contributed by atoms with Gasteiger partial charge in [0.2, 0.25) is 5.91 Å². The van der Waals surface area contributed by atoms with Crippen LogP contribution in [-0.2, 0) is 11.2 Å². The van der Waals surface area contributed by atoms with Crippen molar-refractivity contribution < 1.29 is 9.59 Å². The van der Waals surface area contributed by atoms with Gasteiger partial charge in [-0.25, -0.2) is 0 Å². The average molecular weight is 400 g/mol. The summed E-state index contributed by atoms with van der Waals surface area (Å²) < 4.78 is 0. The molecule has 0 spiro atoms. The van der Waals surface area contributed by atoms with Gasteiger partial charge in [0.25, 0.3) is 5.91 Å². The van der Waals surface area contributed by atoms with Gasteiger partial charge in [-0.15, -0.1) is 0 Å². The zero-order chi connectivity index (χ0) is 21.0. The number of amides is 2. The van der Waals surface area contributed by atoms with E-state index in [1.165, 1.54) is 0 Å². The molecule has 30 heavy (non-hydrogen) atoms. The first-order valence-electron chi connectivity index (χ1n) is 10.1. The van der Waals surface area contributed by atoms with Crippen molar-refractivity contribution in [3.8, 4) is 11.1 Å². The molecule has 1 aliphatic heterocycles. The molecule has 2 N–H and O–H groups in total. The minimum atomic E-state index is -0.795. The van der Waals surface area contributed by atoms with Crippen LogP contribution < -0.4 is 5.73 Å². The number of primary amides is 1. The number of nitrogens with zero attached hydrogens (tertiary/aromatic N) is 3. The Bertz CT molecular complexity index is 1040. The van der Waals surface area contributed by atoms with E-state index in [9.17, 15) is 9.59 Å². The van der Waals surface area contributed by atoms with Crippen LogP contribution in [0.15, 0.2) is 73.2 Å². The zero-order valence-electron chi connectivity index (χ0n) is 16.7. The van der Waals surface area contributed by atoms with Crippen LogP contribution in [0.1, 0.15) is 28.9 Å². The van der Waals surface area contributed by atoms with Crippen molar-refractivity contribution in [1.29, 1.82) is 0 Å². The van der Waals surface area contributed by atoms with Crippen LogP contribution >= 0.6 is 0 Å². The highest BCUT2D eigenvalue weighted by Gasteiger charge is 2.42. The second kappa shape index (κ2) is 8.45. The standard InChI is InChI=1S/C24H24N4O2/c25-23(30)24(10-5-13-28(17-24)22(29)21-9-1-2-12-27-21)15-18-6-3-7-19(14-18)20-8-4-11-26-16-20/h1-4,6-9,11-12,14,16H,5,10,13,15,17H2,(H2,25,30). The fraction of sp³-hybridized carbons (Fsp3) is 0.250. The highest BCUT2D eigenvalue weighted by atomic mass is 16.2. The number of carbonyl (C=O) groups is 2. The second-order valence-electron chi connectivity index (χ2n) is 7.81. The number of hydrogen-bond acceptors (Lipinski definition) is 4. The van der Waals surface area contributed by atoms with Gasteiger partial charge in [0.05, 0.1) is 5.41 Å². The molecule has 0 bridgehead atoms.